The van der Waals surface area contributed by atoms with Gasteiger partial charge in [0.1, 0.15) is 0 Å². The second-order valence-corrected chi connectivity index (χ2v) is 6.54. The molecule has 1 saturated heterocycles. The Kier molecular flexibility index (Phi) is 4.52. The average molecular weight is 336 g/mol. The maximum atomic E-state index is 4.39. The third-order valence-corrected chi connectivity index (χ3v) is 4.76. The van der Waals surface area contributed by atoms with Crippen LogP contribution in [0, 0.1) is 0 Å². The van der Waals surface area contributed by atoms with Crippen molar-refractivity contribution in [2.75, 3.05) is 26.2 Å². The third-order valence-electron chi connectivity index (χ3n) is 4.76. The highest BCUT2D eigenvalue weighted by molar-refractivity contribution is 5.74. The molecule has 0 unspecified atom stereocenters. The van der Waals surface area contributed by atoms with E-state index in [0.717, 1.165) is 49.5 Å². The van der Waals surface area contributed by atoms with Gasteiger partial charge in [-0.05, 0) is 30.7 Å². The third kappa shape index (κ3) is 3.44. The Morgan fingerprint density at radius 1 is 1.24 bits per heavy atom. The topological polar surface area (TPSA) is 65.1 Å². The van der Waals surface area contributed by atoms with Crippen molar-refractivity contribution in [1.29, 1.82) is 0 Å². The molecule has 1 aromatic carbocycles. The van der Waals surface area contributed by atoms with E-state index in [0.29, 0.717) is 6.04 Å². The molecule has 2 aliphatic rings. The molecule has 0 spiro atoms. The summed E-state index contributed by atoms with van der Waals surface area (Å²) in [5.41, 5.74) is 5.52. The molecule has 6 heteroatoms. The Morgan fingerprint density at radius 2 is 2.12 bits per heavy atom. The van der Waals surface area contributed by atoms with E-state index < -0.39 is 0 Å². The normalized spacial score (nSPS) is 20.7. The molecule has 0 saturated carbocycles. The van der Waals surface area contributed by atoms with Crippen molar-refractivity contribution in [2.45, 2.75) is 19.5 Å². The highest BCUT2D eigenvalue weighted by Gasteiger charge is 2.23. The van der Waals surface area contributed by atoms with Crippen LogP contribution < -0.4 is 16.0 Å². The summed E-state index contributed by atoms with van der Waals surface area (Å²) in [5.74, 6) is 0. The molecule has 0 bridgehead atoms. The first-order valence-electron chi connectivity index (χ1n) is 8.86. The number of fused-ring (bicyclic) bond motifs is 1. The van der Waals surface area contributed by atoms with Crippen molar-refractivity contribution in [2.24, 2.45) is 0 Å². The zero-order chi connectivity index (χ0) is 17.1. The van der Waals surface area contributed by atoms with Gasteiger partial charge in [-0.25, -0.2) is 0 Å². The molecule has 6 nitrogen and oxygen atoms in total. The highest BCUT2D eigenvalue weighted by atomic mass is 15.2. The van der Waals surface area contributed by atoms with Crippen molar-refractivity contribution < 1.29 is 0 Å². The van der Waals surface area contributed by atoms with E-state index in [-0.39, 0.29) is 0 Å². The molecule has 0 amide bonds. The maximum absolute atomic E-state index is 4.39. The molecule has 3 N–H and O–H groups in total. The van der Waals surface area contributed by atoms with Gasteiger partial charge in [-0.1, -0.05) is 6.07 Å². The summed E-state index contributed by atoms with van der Waals surface area (Å²) in [7, 11) is 0. The molecule has 0 radical (unpaired) electrons. The van der Waals surface area contributed by atoms with Crippen LogP contribution >= 0.6 is 0 Å². The van der Waals surface area contributed by atoms with E-state index >= 15 is 0 Å². The fourth-order valence-electron chi connectivity index (χ4n) is 3.43. The Balaban J connectivity index is 1.48. The smallest absolute Gasteiger partial charge is 0.0890 e. The molecular formula is C19H24N6. The van der Waals surface area contributed by atoms with Gasteiger partial charge in [-0.3, -0.25) is 9.97 Å². The fraction of sp³-hybridized carbons (Fsp3) is 0.368. The Hall–Kier alpha value is -2.60. The van der Waals surface area contributed by atoms with Crippen LogP contribution in [0.5, 0.6) is 0 Å². The quantitative estimate of drug-likeness (QED) is 0.783. The summed E-state index contributed by atoms with van der Waals surface area (Å²) in [6, 6.07) is 6.74. The van der Waals surface area contributed by atoms with Gasteiger partial charge in [0.05, 0.1) is 22.4 Å². The van der Waals surface area contributed by atoms with Crippen LogP contribution in [0.15, 0.2) is 54.3 Å². The molecule has 3 heterocycles. The van der Waals surface area contributed by atoms with Crippen molar-refractivity contribution in [3.05, 3.63) is 59.8 Å². The van der Waals surface area contributed by atoms with E-state index in [2.05, 4.69) is 62.2 Å². The first-order chi connectivity index (χ1) is 12.3. The van der Waals surface area contributed by atoms with Crippen LogP contribution in [0.2, 0.25) is 0 Å². The van der Waals surface area contributed by atoms with Gasteiger partial charge in [0, 0.05) is 57.4 Å². The van der Waals surface area contributed by atoms with Crippen LogP contribution in [0.25, 0.3) is 11.0 Å². The van der Waals surface area contributed by atoms with Crippen molar-refractivity contribution in [3.8, 4) is 0 Å². The predicted molar refractivity (Wildman–Crippen MR) is 99.6 cm³/mol. The lowest BCUT2D eigenvalue weighted by Gasteiger charge is -2.39. The van der Waals surface area contributed by atoms with Gasteiger partial charge in [0.25, 0.3) is 0 Å². The monoisotopic (exact) mass is 336 g/mol. The Morgan fingerprint density at radius 3 is 3.00 bits per heavy atom. The number of rotatable bonds is 4. The molecule has 2 aromatic rings. The summed E-state index contributed by atoms with van der Waals surface area (Å²) < 4.78 is 0. The molecule has 4 rings (SSSR count). The van der Waals surface area contributed by atoms with Crippen molar-refractivity contribution >= 4 is 11.0 Å². The zero-order valence-corrected chi connectivity index (χ0v) is 14.5. The average Bonchev–Trinajstić information content (AvgIpc) is 2.67. The fourth-order valence-corrected chi connectivity index (χ4v) is 3.43. The summed E-state index contributed by atoms with van der Waals surface area (Å²) in [6.07, 6.45) is 7.82. The lowest BCUT2D eigenvalue weighted by Crippen LogP contribution is -2.50. The standard InChI is InChI=1S/C19H24N6/c1-14-11-21-8-9-25(14)19-4-5-20-13-18(19)24-12-15-2-3-16-17(10-15)23-7-6-22-16/h2-4,6-7,10,13-14,20-21,24H,5,8-9,11-12H2,1H3/t14-/m0/s1. The molecule has 0 aliphatic carbocycles. The minimum Gasteiger partial charge on any atom is -0.386 e. The Bertz CT molecular complexity index is 812. The number of aromatic nitrogens is 2. The number of hydrogen-bond acceptors (Lipinski definition) is 6. The number of piperazine rings is 1. The highest BCUT2D eigenvalue weighted by Crippen LogP contribution is 2.20. The van der Waals surface area contributed by atoms with Crippen LogP contribution in [0.1, 0.15) is 12.5 Å². The second-order valence-electron chi connectivity index (χ2n) is 6.54. The van der Waals surface area contributed by atoms with E-state index in [4.69, 9.17) is 0 Å². The number of hydrogen-bond donors (Lipinski definition) is 3. The van der Waals surface area contributed by atoms with E-state index in [1.54, 1.807) is 12.4 Å². The van der Waals surface area contributed by atoms with E-state index in [9.17, 15) is 0 Å². The number of nitrogens with one attached hydrogen (secondary N) is 3. The summed E-state index contributed by atoms with van der Waals surface area (Å²) >= 11 is 0. The molecular weight excluding hydrogens is 312 g/mol. The molecule has 1 fully saturated rings. The van der Waals surface area contributed by atoms with Crippen LogP contribution in [0.3, 0.4) is 0 Å². The molecule has 1 atom stereocenters. The van der Waals surface area contributed by atoms with Gasteiger partial charge in [0.15, 0.2) is 0 Å². The number of dihydropyridines is 1. The lowest BCUT2D eigenvalue weighted by molar-refractivity contribution is 0.223. The minimum atomic E-state index is 0.499. The van der Waals surface area contributed by atoms with Crippen molar-refractivity contribution in [1.82, 2.24) is 30.8 Å². The van der Waals surface area contributed by atoms with Gasteiger partial charge < -0.3 is 20.9 Å². The molecule has 130 valence electrons. The van der Waals surface area contributed by atoms with E-state index in [1.165, 1.54) is 11.3 Å². The second kappa shape index (κ2) is 7.11. The van der Waals surface area contributed by atoms with Gasteiger partial charge in [-0.2, -0.15) is 0 Å². The van der Waals surface area contributed by atoms with Gasteiger partial charge >= 0.3 is 0 Å². The van der Waals surface area contributed by atoms with Crippen LogP contribution in [-0.2, 0) is 6.54 Å². The van der Waals surface area contributed by atoms with Crippen LogP contribution in [-0.4, -0.2) is 47.1 Å². The SMILES string of the molecule is C[C@H]1CNCCN1C1=CCNC=C1NCc1ccc2nccnc2c1. The zero-order valence-electron chi connectivity index (χ0n) is 14.5. The Labute approximate surface area is 148 Å². The molecule has 1 aromatic heterocycles. The van der Waals surface area contributed by atoms with Gasteiger partial charge in [0.2, 0.25) is 0 Å². The van der Waals surface area contributed by atoms with Gasteiger partial charge in [-0.15, -0.1) is 0 Å². The number of nitrogens with zero attached hydrogens (tertiary/aromatic N) is 3. The van der Waals surface area contributed by atoms with Crippen LogP contribution in [0.4, 0.5) is 0 Å². The first kappa shape index (κ1) is 15.9. The number of benzene rings is 1. The maximum Gasteiger partial charge on any atom is 0.0890 e. The summed E-state index contributed by atoms with van der Waals surface area (Å²) in [6.45, 7) is 7.01. The molecule has 25 heavy (non-hydrogen) atoms. The molecule has 2 aliphatic heterocycles. The lowest BCUT2D eigenvalue weighted by atomic mass is 10.1. The summed E-state index contributed by atoms with van der Waals surface area (Å²) in [5, 5.41) is 10.4. The predicted octanol–water partition coefficient (Wildman–Crippen LogP) is 1.34. The first-order valence-corrected chi connectivity index (χ1v) is 8.86. The minimum absolute atomic E-state index is 0.499. The van der Waals surface area contributed by atoms with E-state index in [1.807, 2.05) is 6.07 Å². The van der Waals surface area contributed by atoms with Crippen molar-refractivity contribution in [3.63, 3.8) is 0 Å². The summed E-state index contributed by atoms with van der Waals surface area (Å²) in [4.78, 5) is 11.2. The largest absolute Gasteiger partial charge is 0.386 e.